The number of aliphatic hydroxyl groups is 1. The van der Waals surface area contributed by atoms with Crippen molar-refractivity contribution in [1.82, 2.24) is 29.4 Å². The van der Waals surface area contributed by atoms with Crippen molar-refractivity contribution in [1.29, 1.82) is 0 Å². The average Bonchev–Trinajstić information content (AvgIpc) is 3.44. The molecule has 0 aliphatic carbocycles. The van der Waals surface area contributed by atoms with E-state index in [1.54, 1.807) is 0 Å². The number of anilines is 2. The van der Waals surface area contributed by atoms with Gasteiger partial charge in [-0.2, -0.15) is 9.61 Å². The molecule has 3 aromatic heterocycles. The number of hydrogen-bond donors (Lipinski definition) is 2. The maximum atomic E-state index is 14.5. The molecule has 4 aromatic rings. The van der Waals surface area contributed by atoms with Gasteiger partial charge in [0.05, 0.1) is 36.2 Å². The van der Waals surface area contributed by atoms with E-state index in [9.17, 15) is 9.50 Å². The first kappa shape index (κ1) is 23.3. The molecule has 0 radical (unpaired) electrons. The van der Waals surface area contributed by atoms with E-state index in [1.807, 2.05) is 31.6 Å². The number of nitrogen functional groups attached to an aromatic ring is 1. The second-order valence-corrected chi connectivity index (χ2v) is 10.1. The molecular formula is C24H31FN8O2. The van der Waals surface area contributed by atoms with Crippen molar-refractivity contribution in [2.45, 2.75) is 45.6 Å². The summed E-state index contributed by atoms with van der Waals surface area (Å²) in [4.78, 5) is 11.5. The molecule has 0 amide bonds. The van der Waals surface area contributed by atoms with Crippen LogP contribution in [0.25, 0.3) is 16.6 Å². The molecule has 0 bridgehead atoms. The number of ether oxygens (including phenoxy) is 1. The third-order valence-corrected chi connectivity index (χ3v) is 6.83. The largest absolute Gasteiger partial charge is 0.494 e. The van der Waals surface area contributed by atoms with E-state index in [2.05, 4.69) is 27.0 Å². The lowest BCUT2D eigenvalue weighted by Crippen LogP contribution is -2.39. The van der Waals surface area contributed by atoms with Crippen LogP contribution in [0.1, 0.15) is 44.6 Å². The van der Waals surface area contributed by atoms with Crippen LogP contribution in [0.3, 0.4) is 0 Å². The second kappa shape index (κ2) is 8.33. The molecule has 1 aromatic carbocycles. The van der Waals surface area contributed by atoms with E-state index in [-0.39, 0.29) is 24.2 Å². The number of rotatable bonds is 5. The molecule has 3 N–H and O–H groups in total. The molecule has 0 unspecified atom stereocenters. The van der Waals surface area contributed by atoms with Gasteiger partial charge in [-0.05, 0) is 39.2 Å². The summed E-state index contributed by atoms with van der Waals surface area (Å²) in [5.41, 5.74) is 8.62. The number of benzene rings is 1. The number of nitrogens with two attached hydrogens (primary N) is 1. The number of piperidine rings is 1. The van der Waals surface area contributed by atoms with E-state index in [0.29, 0.717) is 34.8 Å². The van der Waals surface area contributed by atoms with Gasteiger partial charge in [0.15, 0.2) is 23.0 Å². The van der Waals surface area contributed by atoms with Crippen LogP contribution in [0, 0.1) is 18.7 Å². The standard InChI is InChI=1S/C24H31FN8O2/c1-13-6-15(10-31(9-13)19-11-32(29-14(19)2)24(3,4)12-34)21-28-22-16-7-17(25)20(35-5)8-18(16)27-23(26)33(22)30-21/h7-8,11,13,15,34H,6,9-10,12H2,1-5H3,(H2,26,27)/t13-,15-/m0/s1. The molecular weight excluding hydrogens is 451 g/mol. The number of hydrogen-bond acceptors (Lipinski definition) is 8. The summed E-state index contributed by atoms with van der Waals surface area (Å²) in [7, 11) is 1.41. The molecule has 5 rings (SSSR count). The fourth-order valence-corrected chi connectivity index (χ4v) is 4.86. The van der Waals surface area contributed by atoms with E-state index in [0.717, 1.165) is 24.3 Å². The highest BCUT2D eigenvalue weighted by Gasteiger charge is 2.32. The van der Waals surface area contributed by atoms with Crippen molar-refractivity contribution in [3.05, 3.63) is 35.7 Å². The van der Waals surface area contributed by atoms with Gasteiger partial charge < -0.3 is 20.5 Å². The van der Waals surface area contributed by atoms with Gasteiger partial charge in [-0.15, -0.1) is 5.10 Å². The molecule has 1 aliphatic heterocycles. The Morgan fingerprint density at radius 3 is 2.71 bits per heavy atom. The first-order chi connectivity index (χ1) is 16.6. The van der Waals surface area contributed by atoms with Crippen molar-refractivity contribution in [2.24, 2.45) is 5.92 Å². The Balaban J connectivity index is 1.53. The van der Waals surface area contributed by atoms with Crippen LogP contribution < -0.4 is 15.4 Å². The van der Waals surface area contributed by atoms with Crippen LogP contribution in [-0.2, 0) is 5.54 Å². The predicted molar refractivity (Wildman–Crippen MR) is 131 cm³/mol. The quantitative estimate of drug-likeness (QED) is 0.446. The summed E-state index contributed by atoms with van der Waals surface area (Å²) in [6.45, 7) is 9.68. The highest BCUT2D eigenvalue weighted by atomic mass is 19.1. The van der Waals surface area contributed by atoms with Crippen molar-refractivity contribution in [3.8, 4) is 5.75 Å². The highest BCUT2D eigenvalue weighted by Crippen LogP contribution is 2.35. The van der Waals surface area contributed by atoms with Crippen LogP contribution >= 0.6 is 0 Å². The van der Waals surface area contributed by atoms with Gasteiger partial charge >= 0.3 is 0 Å². The fourth-order valence-electron chi connectivity index (χ4n) is 4.86. The monoisotopic (exact) mass is 482 g/mol. The van der Waals surface area contributed by atoms with Crippen LogP contribution in [0.5, 0.6) is 5.75 Å². The lowest BCUT2D eigenvalue weighted by molar-refractivity contribution is 0.152. The van der Waals surface area contributed by atoms with E-state index >= 15 is 0 Å². The van der Waals surface area contributed by atoms with E-state index in [1.165, 1.54) is 23.8 Å². The molecule has 2 atom stereocenters. The molecule has 0 spiro atoms. The van der Waals surface area contributed by atoms with Crippen molar-refractivity contribution in [2.75, 3.05) is 37.4 Å². The Labute approximate surface area is 202 Å². The van der Waals surface area contributed by atoms with Crippen LogP contribution in [0.15, 0.2) is 18.3 Å². The smallest absolute Gasteiger partial charge is 0.223 e. The first-order valence-corrected chi connectivity index (χ1v) is 11.7. The van der Waals surface area contributed by atoms with E-state index in [4.69, 9.17) is 15.5 Å². The summed E-state index contributed by atoms with van der Waals surface area (Å²) in [6, 6.07) is 2.89. The topological polar surface area (TPSA) is 120 Å². The first-order valence-electron chi connectivity index (χ1n) is 11.7. The van der Waals surface area contributed by atoms with Crippen LogP contribution in [0.2, 0.25) is 0 Å². The van der Waals surface area contributed by atoms with Crippen molar-refractivity contribution in [3.63, 3.8) is 0 Å². The van der Waals surface area contributed by atoms with Gasteiger partial charge in [-0.25, -0.2) is 14.4 Å². The summed E-state index contributed by atoms with van der Waals surface area (Å²) >= 11 is 0. The molecule has 11 heteroatoms. The summed E-state index contributed by atoms with van der Waals surface area (Å²) in [6.07, 6.45) is 2.92. The normalized spacial score (nSPS) is 19.1. The van der Waals surface area contributed by atoms with Crippen LogP contribution in [-0.4, -0.2) is 61.3 Å². The highest BCUT2D eigenvalue weighted by molar-refractivity contribution is 5.93. The molecule has 1 aliphatic rings. The van der Waals surface area contributed by atoms with Crippen molar-refractivity contribution >= 4 is 28.2 Å². The zero-order valence-corrected chi connectivity index (χ0v) is 20.7. The number of fused-ring (bicyclic) bond motifs is 3. The average molecular weight is 483 g/mol. The van der Waals surface area contributed by atoms with E-state index < -0.39 is 11.4 Å². The third-order valence-electron chi connectivity index (χ3n) is 6.83. The summed E-state index contributed by atoms with van der Waals surface area (Å²) < 4.78 is 22.9. The van der Waals surface area contributed by atoms with Gasteiger partial charge in [-0.3, -0.25) is 4.68 Å². The molecule has 1 saturated heterocycles. The maximum absolute atomic E-state index is 14.5. The number of methoxy groups -OCH3 is 1. The fraction of sp³-hybridized carbons (Fsp3) is 0.500. The number of aromatic nitrogens is 6. The van der Waals surface area contributed by atoms with Gasteiger partial charge in [0.2, 0.25) is 5.95 Å². The Bertz CT molecular complexity index is 1410. The lowest BCUT2D eigenvalue weighted by atomic mass is 9.89. The van der Waals surface area contributed by atoms with Gasteiger partial charge in [-0.1, -0.05) is 6.92 Å². The predicted octanol–water partition coefficient (Wildman–Crippen LogP) is 2.87. The summed E-state index contributed by atoms with van der Waals surface area (Å²) in [5, 5.41) is 19.6. The molecule has 186 valence electrons. The Hall–Kier alpha value is -3.47. The third kappa shape index (κ3) is 3.93. The number of aryl methyl sites for hydroxylation is 1. The Morgan fingerprint density at radius 1 is 1.23 bits per heavy atom. The number of halogens is 1. The molecule has 10 nitrogen and oxygen atoms in total. The minimum absolute atomic E-state index is 0.00631. The van der Waals surface area contributed by atoms with Gasteiger partial charge in [0.1, 0.15) is 0 Å². The Kier molecular flexibility index (Phi) is 5.54. The van der Waals surface area contributed by atoms with Crippen LogP contribution in [0.4, 0.5) is 16.0 Å². The second-order valence-electron chi connectivity index (χ2n) is 10.1. The summed E-state index contributed by atoms with van der Waals surface area (Å²) in [5.74, 6) is 0.885. The zero-order valence-electron chi connectivity index (χ0n) is 20.7. The van der Waals surface area contributed by atoms with Gasteiger partial charge in [0.25, 0.3) is 0 Å². The lowest BCUT2D eigenvalue weighted by Gasteiger charge is -2.36. The molecule has 35 heavy (non-hydrogen) atoms. The number of nitrogens with zero attached hydrogens (tertiary/aromatic N) is 7. The minimum atomic E-state index is -0.492. The van der Waals surface area contributed by atoms with Gasteiger partial charge in [0, 0.05) is 36.7 Å². The molecule has 0 saturated carbocycles. The number of aliphatic hydroxyl groups excluding tert-OH is 1. The van der Waals surface area contributed by atoms with Crippen molar-refractivity contribution < 1.29 is 14.2 Å². The Morgan fingerprint density at radius 2 is 2.00 bits per heavy atom. The maximum Gasteiger partial charge on any atom is 0.223 e. The SMILES string of the molecule is COc1cc2nc(N)n3nc([C@H]4C[C@H](C)CN(c5cn(C(C)(C)CO)nc5C)C4)nc3c2cc1F. The molecule has 1 fully saturated rings. The minimum Gasteiger partial charge on any atom is -0.494 e. The molecule has 4 heterocycles. The zero-order chi connectivity index (χ0) is 25.1.